The largest absolute Gasteiger partial charge is 0.502 e. The number of likely N-dealkylation sites (N-methyl/N-ethyl adjacent to an activating group) is 1. The molecule has 2 aliphatic heterocycles. The van der Waals surface area contributed by atoms with E-state index in [0.717, 1.165) is 39.1 Å². The maximum absolute atomic E-state index is 12.7. The molecule has 0 radical (unpaired) electrons. The molecule has 3 rings (SSSR count). The van der Waals surface area contributed by atoms with Crippen molar-refractivity contribution >= 4 is 5.91 Å². The first-order valence-corrected chi connectivity index (χ1v) is 10.5. The first-order chi connectivity index (χ1) is 13.9. The summed E-state index contributed by atoms with van der Waals surface area (Å²) in [6.45, 7) is 8.50. The first kappa shape index (κ1) is 21.8. The molecule has 2 saturated heterocycles. The molecule has 8 nitrogen and oxygen atoms in total. The topological polar surface area (TPSA) is 95.2 Å². The van der Waals surface area contributed by atoms with Gasteiger partial charge in [-0.3, -0.25) is 9.59 Å². The molecule has 2 fully saturated rings. The van der Waals surface area contributed by atoms with Crippen LogP contribution in [-0.2, 0) is 14.9 Å². The van der Waals surface area contributed by atoms with Crippen molar-refractivity contribution in [3.8, 4) is 5.75 Å². The minimum Gasteiger partial charge on any atom is -0.502 e. The predicted molar refractivity (Wildman–Crippen MR) is 109 cm³/mol. The van der Waals surface area contributed by atoms with Crippen molar-refractivity contribution < 1.29 is 19.1 Å². The van der Waals surface area contributed by atoms with Crippen LogP contribution in [0.4, 0.5) is 0 Å². The van der Waals surface area contributed by atoms with Crippen molar-refractivity contribution in [2.24, 2.45) is 0 Å². The summed E-state index contributed by atoms with van der Waals surface area (Å²) in [4.78, 5) is 29.5. The standard InChI is InChI=1S/C21H33N3O5/c1-16-14-17(25)19(27)20(29-16)21(4-12-28-13-5-21)15-18(26)22-6-3-7-24-10-8-23(2)9-11-24/h14,27H,3-13,15H2,1-2H3,(H,22,26). The molecule has 162 valence electrons. The van der Waals surface area contributed by atoms with Crippen LogP contribution in [0.3, 0.4) is 0 Å². The number of amides is 1. The third-order valence-electron chi connectivity index (χ3n) is 6.05. The maximum atomic E-state index is 12.7. The predicted octanol–water partition coefficient (Wildman–Crippen LogP) is 0.846. The van der Waals surface area contributed by atoms with Crippen LogP contribution in [0.25, 0.3) is 0 Å². The van der Waals surface area contributed by atoms with E-state index in [2.05, 4.69) is 22.2 Å². The lowest BCUT2D eigenvalue weighted by molar-refractivity contribution is -0.123. The summed E-state index contributed by atoms with van der Waals surface area (Å²) in [5, 5.41) is 13.3. The Morgan fingerprint density at radius 3 is 2.62 bits per heavy atom. The van der Waals surface area contributed by atoms with Gasteiger partial charge >= 0.3 is 0 Å². The normalized spacial score (nSPS) is 20.5. The highest BCUT2D eigenvalue weighted by molar-refractivity contribution is 5.77. The smallest absolute Gasteiger partial charge is 0.227 e. The Bertz CT molecular complexity index is 749. The number of nitrogens with zero attached hydrogens (tertiary/aromatic N) is 2. The van der Waals surface area contributed by atoms with Crippen molar-refractivity contribution in [1.29, 1.82) is 0 Å². The van der Waals surface area contributed by atoms with E-state index >= 15 is 0 Å². The average Bonchev–Trinajstić information content (AvgIpc) is 2.70. The molecule has 2 aliphatic rings. The quantitative estimate of drug-likeness (QED) is 0.647. The molecule has 2 N–H and O–H groups in total. The van der Waals surface area contributed by atoms with E-state index in [1.165, 1.54) is 6.07 Å². The van der Waals surface area contributed by atoms with E-state index in [-0.39, 0.29) is 23.8 Å². The van der Waals surface area contributed by atoms with Crippen LogP contribution in [0.15, 0.2) is 15.3 Å². The minimum absolute atomic E-state index is 0.0890. The second kappa shape index (κ2) is 9.73. The Hall–Kier alpha value is -1.90. The maximum Gasteiger partial charge on any atom is 0.227 e. The van der Waals surface area contributed by atoms with Gasteiger partial charge < -0.3 is 29.4 Å². The number of carbonyl (C=O) groups is 1. The van der Waals surface area contributed by atoms with Crippen LogP contribution in [0.2, 0.25) is 0 Å². The second-order valence-corrected chi connectivity index (χ2v) is 8.32. The number of nitrogens with one attached hydrogen (secondary N) is 1. The molecule has 1 aromatic heterocycles. The Balaban J connectivity index is 1.58. The molecule has 3 heterocycles. The lowest BCUT2D eigenvalue weighted by atomic mass is 9.74. The minimum atomic E-state index is -0.713. The molecule has 0 saturated carbocycles. The van der Waals surface area contributed by atoms with Crippen molar-refractivity contribution in [3.63, 3.8) is 0 Å². The summed E-state index contributed by atoms with van der Waals surface area (Å²) in [6.07, 6.45) is 2.13. The Kier molecular flexibility index (Phi) is 7.32. The van der Waals surface area contributed by atoms with E-state index in [1.54, 1.807) is 6.92 Å². The summed E-state index contributed by atoms with van der Waals surface area (Å²) < 4.78 is 11.2. The average molecular weight is 408 g/mol. The van der Waals surface area contributed by atoms with Crippen LogP contribution in [0.1, 0.15) is 37.2 Å². The number of rotatable bonds is 7. The van der Waals surface area contributed by atoms with Crippen LogP contribution in [-0.4, -0.2) is 80.3 Å². The first-order valence-electron chi connectivity index (χ1n) is 10.5. The molecule has 0 aromatic carbocycles. The second-order valence-electron chi connectivity index (χ2n) is 8.32. The van der Waals surface area contributed by atoms with Crippen molar-refractivity contribution in [1.82, 2.24) is 15.1 Å². The van der Waals surface area contributed by atoms with Crippen molar-refractivity contribution in [3.05, 3.63) is 27.8 Å². The fourth-order valence-electron chi connectivity index (χ4n) is 4.18. The molecule has 0 bridgehead atoms. The molecular weight excluding hydrogens is 374 g/mol. The lowest BCUT2D eigenvalue weighted by Gasteiger charge is -2.36. The summed E-state index contributed by atoms with van der Waals surface area (Å²) >= 11 is 0. The van der Waals surface area contributed by atoms with Gasteiger partial charge in [0.1, 0.15) is 5.76 Å². The molecule has 0 unspecified atom stereocenters. The molecule has 0 atom stereocenters. The fraction of sp³-hybridized carbons (Fsp3) is 0.714. The molecule has 0 spiro atoms. The van der Waals surface area contributed by atoms with Crippen LogP contribution >= 0.6 is 0 Å². The molecular formula is C21H33N3O5. The van der Waals surface area contributed by atoms with Crippen LogP contribution in [0.5, 0.6) is 5.75 Å². The summed E-state index contributed by atoms with van der Waals surface area (Å²) in [5.74, 6) is 0.175. The Morgan fingerprint density at radius 1 is 1.24 bits per heavy atom. The monoisotopic (exact) mass is 407 g/mol. The molecule has 1 amide bonds. The Labute approximate surface area is 171 Å². The molecule has 8 heteroatoms. The van der Waals surface area contributed by atoms with Gasteiger partial charge in [0.15, 0.2) is 5.76 Å². The SMILES string of the molecule is Cc1cc(=O)c(O)c(C2(CC(=O)NCCCN3CCN(C)CC3)CCOCC2)o1. The number of carbonyl (C=O) groups excluding carboxylic acids is 1. The van der Waals surface area contributed by atoms with Gasteiger partial charge in [-0.2, -0.15) is 0 Å². The number of ether oxygens (including phenoxy) is 1. The van der Waals surface area contributed by atoms with Gasteiger partial charge in [-0.25, -0.2) is 0 Å². The van der Waals surface area contributed by atoms with Gasteiger partial charge in [0.25, 0.3) is 0 Å². The number of aromatic hydroxyl groups is 1. The van der Waals surface area contributed by atoms with E-state index in [1.807, 2.05) is 0 Å². The van der Waals surface area contributed by atoms with Gasteiger partial charge in [0.05, 0.1) is 0 Å². The number of aryl methyl sites for hydroxylation is 1. The number of hydrogen-bond acceptors (Lipinski definition) is 7. The number of piperazine rings is 1. The zero-order valence-corrected chi connectivity index (χ0v) is 17.5. The Morgan fingerprint density at radius 2 is 1.93 bits per heavy atom. The van der Waals surface area contributed by atoms with E-state index in [4.69, 9.17) is 9.15 Å². The van der Waals surface area contributed by atoms with Crippen molar-refractivity contribution in [2.45, 2.75) is 38.0 Å². The number of hydrogen-bond donors (Lipinski definition) is 2. The highest BCUT2D eigenvalue weighted by Crippen LogP contribution is 2.41. The molecule has 29 heavy (non-hydrogen) atoms. The van der Waals surface area contributed by atoms with E-state index in [0.29, 0.717) is 38.4 Å². The van der Waals surface area contributed by atoms with Crippen LogP contribution < -0.4 is 10.7 Å². The van der Waals surface area contributed by atoms with Gasteiger partial charge in [-0.05, 0) is 39.8 Å². The van der Waals surface area contributed by atoms with E-state index in [9.17, 15) is 14.7 Å². The van der Waals surface area contributed by atoms with Crippen molar-refractivity contribution in [2.75, 3.05) is 59.5 Å². The highest BCUT2D eigenvalue weighted by atomic mass is 16.5. The molecule has 1 aromatic rings. The van der Waals surface area contributed by atoms with Gasteiger partial charge in [-0.1, -0.05) is 0 Å². The van der Waals surface area contributed by atoms with Gasteiger partial charge in [-0.15, -0.1) is 0 Å². The third kappa shape index (κ3) is 5.58. The van der Waals surface area contributed by atoms with Crippen LogP contribution in [0, 0.1) is 6.92 Å². The lowest BCUT2D eigenvalue weighted by Crippen LogP contribution is -2.45. The zero-order chi connectivity index (χ0) is 20.9. The van der Waals surface area contributed by atoms with E-state index < -0.39 is 10.8 Å². The fourth-order valence-corrected chi connectivity index (χ4v) is 4.18. The summed E-state index contributed by atoms with van der Waals surface area (Å²) in [6, 6.07) is 1.27. The van der Waals surface area contributed by atoms with Gasteiger partial charge in [0, 0.05) is 63.8 Å². The summed E-state index contributed by atoms with van der Waals surface area (Å²) in [5.41, 5.74) is -1.18. The van der Waals surface area contributed by atoms with Gasteiger partial charge in [0.2, 0.25) is 17.1 Å². The summed E-state index contributed by atoms with van der Waals surface area (Å²) in [7, 11) is 2.14. The zero-order valence-electron chi connectivity index (χ0n) is 17.5. The third-order valence-corrected chi connectivity index (χ3v) is 6.05. The highest BCUT2D eigenvalue weighted by Gasteiger charge is 2.41. The molecule has 0 aliphatic carbocycles.